The lowest BCUT2D eigenvalue weighted by Crippen LogP contribution is -2.01. The lowest BCUT2D eigenvalue weighted by molar-refractivity contribution is 0.621. The van der Waals surface area contributed by atoms with Crippen LogP contribution in [0.2, 0.25) is 5.02 Å². The Morgan fingerprint density at radius 3 is 2.61 bits per heavy atom. The van der Waals surface area contributed by atoms with E-state index in [-0.39, 0.29) is 10.8 Å². The van der Waals surface area contributed by atoms with Crippen LogP contribution in [0.3, 0.4) is 0 Å². The van der Waals surface area contributed by atoms with E-state index in [1.165, 1.54) is 12.1 Å². The third-order valence-electron chi connectivity index (χ3n) is 2.43. The number of rotatable bonds is 3. The highest BCUT2D eigenvalue weighted by atomic mass is 79.9. The van der Waals surface area contributed by atoms with Crippen LogP contribution in [0, 0.1) is 11.6 Å². The predicted molar refractivity (Wildman–Crippen MR) is 72.8 cm³/mol. The van der Waals surface area contributed by atoms with E-state index in [0.29, 0.717) is 16.6 Å². The smallest absolute Gasteiger partial charge is 0.142 e. The molecule has 0 aliphatic rings. The van der Waals surface area contributed by atoms with E-state index in [0.717, 1.165) is 5.69 Å². The minimum atomic E-state index is -0.448. The fraction of sp³-hybridized carbons (Fsp3) is 0.0769. The Hall–Kier alpha value is -1.13. The van der Waals surface area contributed by atoms with Crippen molar-refractivity contribution in [3.8, 4) is 0 Å². The minimum Gasteiger partial charge on any atom is -0.381 e. The summed E-state index contributed by atoms with van der Waals surface area (Å²) in [7, 11) is 0. The van der Waals surface area contributed by atoms with Crippen molar-refractivity contribution in [2.45, 2.75) is 6.54 Å². The van der Waals surface area contributed by atoms with Gasteiger partial charge in [0, 0.05) is 12.2 Å². The molecule has 0 saturated heterocycles. The quantitative estimate of drug-likeness (QED) is 0.834. The van der Waals surface area contributed by atoms with E-state index in [1.807, 2.05) is 0 Å². The maximum Gasteiger partial charge on any atom is 0.142 e. The van der Waals surface area contributed by atoms with Crippen LogP contribution < -0.4 is 5.32 Å². The zero-order chi connectivity index (χ0) is 13.1. The summed E-state index contributed by atoms with van der Waals surface area (Å²) < 4.78 is 26.6. The molecule has 0 heterocycles. The van der Waals surface area contributed by atoms with Gasteiger partial charge in [0.25, 0.3) is 0 Å². The normalized spacial score (nSPS) is 10.4. The largest absolute Gasteiger partial charge is 0.381 e. The van der Waals surface area contributed by atoms with Gasteiger partial charge in [-0.25, -0.2) is 8.78 Å². The summed E-state index contributed by atoms with van der Waals surface area (Å²) in [6.07, 6.45) is 0. The lowest BCUT2D eigenvalue weighted by Gasteiger charge is -2.09. The van der Waals surface area contributed by atoms with Crippen LogP contribution in [-0.4, -0.2) is 0 Å². The zero-order valence-electron chi connectivity index (χ0n) is 9.18. The topological polar surface area (TPSA) is 12.0 Å². The van der Waals surface area contributed by atoms with Crippen molar-refractivity contribution < 1.29 is 8.78 Å². The molecule has 1 nitrogen and oxygen atoms in total. The van der Waals surface area contributed by atoms with Crippen molar-refractivity contribution >= 4 is 33.2 Å². The Balaban J connectivity index is 2.11. The van der Waals surface area contributed by atoms with Gasteiger partial charge in [-0.05, 0) is 45.8 Å². The molecule has 0 unspecified atom stereocenters. The molecule has 0 radical (unpaired) electrons. The first-order chi connectivity index (χ1) is 8.58. The number of nitrogens with one attached hydrogen (secondary N) is 1. The van der Waals surface area contributed by atoms with Crippen molar-refractivity contribution in [2.24, 2.45) is 0 Å². The highest BCUT2D eigenvalue weighted by Gasteiger charge is 2.06. The van der Waals surface area contributed by atoms with Crippen molar-refractivity contribution in [1.29, 1.82) is 0 Å². The number of benzene rings is 2. The first-order valence-corrected chi connectivity index (χ1v) is 6.37. The highest BCUT2D eigenvalue weighted by Crippen LogP contribution is 2.23. The summed E-state index contributed by atoms with van der Waals surface area (Å²) in [5, 5.41) is 3.15. The van der Waals surface area contributed by atoms with E-state index in [1.54, 1.807) is 24.3 Å². The van der Waals surface area contributed by atoms with Crippen LogP contribution in [0.5, 0.6) is 0 Å². The first kappa shape index (κ1) is 13.3. The van der Waals surface area contributed by atoms with E-state index in [4.69, 9.17) is 11.6 Å². The second-order valence-electron chi connectivity index (χ2n) is 3.70. The molecule has 0 spiro atoms. The van der Waals surface area contributed by atoms with Gasteiger partial charge in [0.1, 0.15) is 11.6 Å². The Bertz CT molecular complexity index is 575. The molecule has 18 heavy (non-hydrogen) atoms. The Morgan fingerprint density at radius 2 is 1.89 bits per heavy atom. The molecule has 0 aliphatic heterocycles. The molecule has 2 aromatic rings. The molecule has 2 rings (SSSR count). The van der Waals surface area contributed by atoms with Gasteiger partial charge in [0.05, 0.1) is 9.50 Å². The molecule has 0 saturated carbocycles. The Morgan fingerprint density at radius 1 is 1.11 bits per heavy atom. The van der Waals surface area contributed by atoms with Crippen molar-refractivity contribution in [1.82, 2.24) is 0 Å². The van der Waals surface area contributed by atoms with E-state index >= 15 is 0 Å². The number of hydrogen-bond donors (Lipinski definition) is 1. The fourth-order valence-electron chi connectivity index (χ4n) is 1.49. The van der Waals surface area contributed by atoms with Gasteiger partial charge in [-0.15, -0.1) is 0 Å². The van der Waals surface area contributed by atoms with Crippen molar-refractivity contribution in [3.05, 3.63) is 63.1 Å². The molecule has 0 bridgehead atoms. The standard InChI is InChI=1S/C13H9BrClF2N/c14-10-6-9(4-5-11(10)16)18-7-8-2-1-3-12(17)13(8)15/h1-6,18H,7H2. The molecule has 0 fully saturated rings. The van der Waals surface area contributed by atoms with E-state index in [9.17, 15) is 8.78 Å². The second kappa shape index (κ2) is 5.67. The average Bonchev–Trinajstić information content (AvgIpc) is 2.35. The lowest BCUT2D eigenvalue weighted by atomic mass is 10.2. The molecule has 0 amide bonds. The SMILES string of the molecule is Fc1ccc(NCc2cccc(F)c2Cl)cc1Br. The third kappa shape index (κ3) is 3.00. The number of anilines is 1. The van der Waals surface area contributed by atoms with Gasteiger partial charge >= 0.3 is 0 Å². The van der Waals surface area contributed by atoms with Gasteiger partial charge < -0.3 is 5.32 Å². The fourth-order valence-corrected chi connectivity index (χ4v) is 2.06. The summed E-state index contributed by atoms with van der Waals surface area (Å²) in [6, 6.07) is 9.20. The van der Waals surface area contributed by atoms with Gasteiger partial charge in [0.2, 0.25) is 0 Å². The Kier molecular flexibility index (Phi) is 4.19. The molecule has 5 heteroatoms. The van der Waals surface area contributed by atoms with Crippen LogP contribution in [0.1, 0.15) is 5.56 Å². The molecule has 0 aromatic heterocycles. The predicted octanol–water partition coefficient (Wildman–Crippen LogP) is 4.99. The monoisotopic (exact) mass is 331 g/mol. The summed E-state index contributed by atoms with van der Waals surface area (Å²) >= 11 is 8.93. The molecule has 1 N–H and O–H groups in total. The molecular formula is C13H9BrClF2N. The van der Waals surface area contributed by atoms with E-state index < -0.39 is 5.82 Å². The third-order valence-corrected chi connectivity index (χ3v) is 3.47. The summed E-state index contributed by atoms with van der Waals surface area (Å²) in [6.45, 7) is 0.370. The van der Waals surface area contributed by atoms with Gasteiger partial charge in [0.15, 0.2) is 0 Å². The molecule has 0 aliphatic carbocycles. The van der Waals surface area contributed by atoms with Crippen LogP contribution >= 0.6 is 27.5 Å². The molecule has 0 atom stereocenters. The number of hydrogen-bond acceptors (Lipinski definition) is 1. The molecule has 2 aromatic carbocycles. The summed E-state index contributed by atoms with van der Waals surface area (Å²) in [4.78, 5) is 0. The van der Waals surface area contributed by atoms with Crippen molar-refractivity contribution in [2.75, 3.05) is 5.32 Å². The average molecular weight is 333 g/mol. The van der Waals surface area contributed by atoms with Crippen molar-refractivity contribution in [3.63, 3.8) is 0 Å². The highest BCUT2D eigenvalue weighted by molar-refractivity contribution is 9.10. The van der Waals surface area contributed by atoms with Crippen LogP contribution in [-0.2, 0) is 6.54 Å². The summed E-state index contributed by atoms with van der Waals surface area (Å²) in [5.41, 5.74) is 1.38. The Labute approximate surface area is 117 Å². The van der Waals surface area contributed by atoms with Crippen LogP contribution in [0.25, 0.3) is 0 Å². The molecule has 94 valence electrons. The van der Waals surface area contributed by atoms with Crippen LogP contribution in [0.15, 0.2) is 40.9 Å². The molecular weight excluding hydrogens is 324 g/mol. The van der Waals surface area contributed by atoms with Gasteiger partial charge in [-0.3, -0.25) is 0 Å². The van der Waals surface area contributed by atoms with Gasteiger partial charge in [-0.2, -0.15) is 0 Å². The van der Waals surface area contributed by atoms with E-state index in [2.05, 4.69) is 21.2 Å². The zero-order valence-corrected chi connectivity index (χ0v) is 11.5. The second-order valence-corrected chi connectivity index (χ2v) is 4.93. The minimum absolute atomic E-state index is 0.103. The number of halogens is 4. The summed E-state index contributed by atoms with van der Waals surface area (Å²) in [5.74, 6) is -0.777. The maximum absolute atomic E-state index is 13.2. The first-order valence-electron chi connectivity index (χ1n) is 5.20. The van der Waals surface area contributed by atoms with Crippen LogP contribution in [0.4, 0.5) is 14.5 Å². The maximum atomic E-state index is 13.2. The van der Waals surface area contributed by atoms with Gasteiger partial charge in [-0.1, -0.05) is 23.7 Å².